The van der Waals surface area contributed by atoms with Gasteiger partial charge in [0.2, 0.25) is 0 Å². The summed E-state index contributed by atoms with van der Waals surface area (Å²) in [6.07, 6.45) is -0.209. The van der Waals surface area contributed by atoms with Gasteiger partial charge in [-0.3, -0.25) is 0 Å². The summed E-state index contributed by atoms with van der Waals surface area (Å²) in [6, 6.07) is 0. The molecule has 0 spiro atoms. The molecule has 84 valence electrons. The Bertz CT molecular complexity index is 171. The molecule has 0 unspecified atom stereocenters. The summed E-state index contributed by atoms with van der Waals surface area (Å²) in [4.78, 5) is 0. The van der Waals surface area contributed by atoms with Gasteiger partial charge in [0.1, 0.15) is 0 Å². The number of rotatable bonds is 4. The Hall–Kier alpha value is -0.250. The van der Waals surface area contributed by atoms with Crippen molar-refractivity contribution in [1.29, 1.82) is 0 Å². The van der Waals surface area contributed by atoms with Crippen LogP contribution in [0.2, 0.25) is 0 Å². The van der Waals surface area contributed by atoms with Crippen LogP contribution in [0.4, 0.5) is 13.2 Å². The van der Waals surface area contributed by atoms with Crippen LogP contribution in [0.3, 0.4) is 0 Å². The third-order valence-corrected chi connectivity index (χ3v) is 3.17. The van der Waals surface area contributed by atoms with E-state index in [1.54, 1.807) is 0 Å². The van der Waals surface area contributed by atoms with Crippen LogP contribution in [-0.2, 0) is 0 Å². The Balaban J connectivity index is 2.28. The van der Waals surface area contributed by atoms with Gasteiger partial charge in [-0.25, -0.2) is 0 Å². The Morgan fingerprint density at radius 2 is 1.71 bits per heavy atom. The van der Waals surface area contributed by atoms with Gasteiger partial charge in [0.05, 0.1) is 0 Å². The van der Waals surface area contributed by atoms with E-state index in [1.807, 2.05) is 0 Å². The third kappa shape index (κ3) is 3.48. The van der Waals surface area contributed by atoms with Gasteiger partial charge in [0.15, 0.2) is 0 Å². The molecule has 1 saturated carbocycles. The molecule has 0 aromatic carbocycles. The molecular formula is C10H17F3O. The summed E-state index contributed by atoms with van der Waals surface area (Å²) in [5.41, 5.74) is -0.189. The van der Waals surface area contributed by atoms with Crippen LogP contribution in [0.25, 0.3) is 0 Å². The van der Waals surface area contributed by atoms with Gasteiger partial charge >= 0.3 is 6.18 Å². The minimum atomic E-state index is -4.05. The van der Waals surface area contributed by atoms with E-state index in [4.69, 9.17) is 5.11 Å². The summed E-state index contributed by atoms with van der Waals surface area (Å²) in [5, 5.41) is 9.16. The average molecular weight is 210 g/mol. The summed E-state index contributed by atoms with van der Waals surface area (Å²) in [5.74, 6) is 0. The van der Waals surface area contributed by atoms with Crippen molar-refractivity contribution in [3.63, 3.8) is 0 Å². The van der Waals surface area contributed by atoms with Crippen molar-refractivity contribution in [2.45, 2.75) is 51.1 Å². The molecule has 0 amide bonds. The summed E-state index contributed by atoms with van der Waals surface area (Å²) < 4.78 is 35.7. The minimum absolute atomic E-state index is 0.0465. The fourth-order valence-electron chi connectivity index (χ4n) is 2.28. The van der Waals surface area contributed by atoms with Crippen LogP contribution in [0, 0.1) is 5.41 Å². The first-order valence-corrected chi connectivity index (χ1v) is 5.15. The molecule has 0 saturated heterocycles. The lowest BCUT2D eigenvalue weighted by Gasteiger charge is -2.26. The second-order valence-electron chi connectivity index (χ2n) is 4.33. The lowest BCUT2D eigenvalue weighted by atomic mass is 9.82. The zero-order valence-corrected chi connectivity index (χ0v) is 8.24. The number of hydrogen-bond acceptors (Lipinski definition) is 1. The SMILES string of the molecule is OCC1(CCCC(F)(F)F)CCCC1. The molecule has 1 fully saturated rings. The molecule has 0 aromatic heterocycles. The second-order valence-corrected chi connectivity index (χ2v) is 4.33. The standard InChI is InChI=1S/C10H17F3O/c11-10(12,13)7-3-6-9(8-14)4-1-2-5-9/h14H,1-8H2. The average Bonchev–Trinajstić information content (AvgIpc) is 2.52. The van der Waals surface area contributed by atoms with Gasteiger partial charge in [-0.15, -0.1) is 0 Å². The predicted octanol–water partition coefficient (Wildman–Crippen LogP) is 3.27. The monoisotopic (exact) mass is 210 g/mol. The normalized spacial score (nSPS) is 21.4. The van der Waals surface area contributed by atoms with Gasteiger partial charge < -0.3 is 5.11 Å². The zero-order valence-electron chi connectivity index (χ0n) is 8.24. The van der Waals surface area contributed by atoms with E-state index in [0.717, 1.165) is 25.7 Å². The second kappa shape index (κ2) is 4.51. The fourth-order valence-corrected chi connectivity index (χ4v) is 2.28. The molecule has 0 atom stereocenters. The number of aliphatic hydroxyl groups excluding tert-OH is 1. The minimum Gasteiger partial charge on any atom is -0.396 e. The molecular weight excluding hydrogens is 193 g/mol. The third-order valence-electron chi connectivity index (χ3n) is 3.17. The van der Waals surface area contributed by atoms with Crippen LogP contribution < -0.4 is 0 Å². The largest absolute Gasteiger partial charge is 0.396 e. The van der Waals surface area contributed by atoms with Crippen molar-refractivity contribution in [1.82, 2.24) is 0 Å². The molecule has 0 radical (unpaired) electrons. The van der Waals surface area contributed by atoms with Crippen LogP contribution in [0.5, 0.6) is 0 Å². The molecule has 1 aliphatic rings. The number of halogens is 3. The molecule has 14 heavy (non-hydrogen) atoms. The van der Waals surface area contributed by atoms with Crippen molar-refractivity contribution in [2.24, 2.45) is 5.41 Å². The quantitative estimate of drug-likeness (QED) is 0.755. The molecule has 1 rings (SSSR count). The number of hydrogen-bond donors (Lipinski definition) is 1. The number of aliphatic hydroxyl groups is 1. The van der Waals surface area contributed by atoms with Gasteiger partial charge in [0.25, 0.3) is 0 Å². The molecule has 1 N–H and O–H groups in total. The maximum absolute atomic E-state index is 11.9. The molecule has 1 nitrogen and oxygen atoms in total. The molecule has 0 heterocycles. The summed E-state index contributed by atoms with van der Waals surface area (Å²) >= 11 is 0. The first kappa shape index (κ1) is 11.8. The lowest BCUT2D eigenvalue weighted by molar-refractivity contribution is -0.137. The van der Waals surface area contributed by atoms with Crippen molar-refractivity contribution < 1.29 is 18.3 Å². The molecule has 4 heteroatoms. The highest BCUT2D eigenvalue weighted by molar-refractivity contribution is 4.84. The maximum atomic E-state index is 11.9. The smallest absolute Gasteiger partial charge is 0.389 e. The molecule has 0 bridgehead atoms. The zero-order chi connectivity index (χ0) is 10.7. The van der Waals surface area contributed by atoms with Crippen molar-refractivity contribution >= 4 is 0 Å². The highest BCUT2D eigenvalue weighted by atomic mass is 19.4. The van der Waals surface area contributed by atoms with Crippen LogP contribution in [0.15, 0.2) is 0 Å². The van der Waals surface area contributed by atoms with Crippen LogP contribution >= 0.6 is 0 Å². The van der Waals surface area contributed by atoms with Crippen LogP contribution in [-0.4, -0.2) is 17.9 Å². The van der Waals surface area contributed by atoms with Gasteiger partial charge in [-0.1, -0.05) is 12.8 Å². The van der Waals surface area contributed by atoms with Crippen LogP contribution in [0.1, 0.15) is 44.9 Å². The van der Waals surface area contributed by atoms with E-state index in [2.05, 4.69) is 0 Å². The topological polar surface area (TPSA) is 20.2 Å². The Kier molecular flexibility index (Phi) is 3.81. The Morgan fingerprint density at radius 3 is 2.14 bits per heavy atom. The highest BCUT2D eigenvalue weighted by Gasteiger charge is 2.34. The van der Waals surface area contributed by atoms with E-state index in [1.165, 1.54) is 0 Å². The first-order valence-electron chi connectivity index (χ1n) is 5.15. The summed E-state index contributed by atoms with van der Waals surface area (Å²) in [6.45, 7) is 0.0465. The van der Waals surface area contributed by atoms with Gasteiger partial charge in [0, 0.05) is 13.0 Å². The fraction of sp³-hybridized carbons (Fsp3) is 1.00. The van der Waals surface area contributed by atoms with Crippen molar-refractivity contribution in [3.8, 4) is 0 Å². The van der Waals surface area contributed by atoms with E-state index >= 15 is 0 Å². The van der Waals surface area contributed by atoms with E-state index in [0.29, 0.717) is 6.42 Å². The highest BCUT2D eigenvalue weighted by Crippen LogP contribution is 2.42. The Labute approximate surface area is 82.3 Å². The molecule has 0 aromatic rings. The molecule has 0 aliphatic heterocycles. The maximum Gasteiger partial charge on any atom is 0.389 e. The number of alkyl halides is 3. The van der Waals surface area contributed by atoms with Gasteiger partial charge in [-0.2, -0.15) is 13.2 Å². The van der Waals surface area contributed by atoms with Crippen molar-refractivity contribution in [2.75, 3.05) is 6.61 Å². The van der Waals surface area contributed by atoms with E-state index in [-0.39, 0.29) is 18.4 Å². The molecule has 1 aliphatic carbocycles. The lowest BCUT2D eigenvalue weighted by Crippen LogP contribution is -2.22. The van der Waals surface area contributed by atoms with Gasteiger partial charge in [-0.05, 0) is 31.1 Å². The van der Waals surface area contributed by atoms with E-state index < -0.39 is 12.6 Å². The Morgan fingerprint density at radius 1 is 1.14 bits per heavy atom. The van der Waals surface area contributed by atoms with Crippen molar-refractivity contribution in [3.05, 3.63) is 0 Å². The summed E-state index contributed by atoms with van der Waals surface area (Å²) in [7, 11) is 0. The first-order chi connectivity index (χ1) is 6.47. The van der Waals surface area contributed by atoms with E-state index in [9.17, 15) is 13.2 Å². The predicted molar refractivity (Wildman–Crippen MR) is 47.9 cm³/mol.